The van der Waals surface area contributed by atoms with Crippen LogP contribution >= 0.6 is 15.9 Å². The minimum atomic E-state index is -0.218. The number of hydrogen-bond donors (Lipinski definition) is 1. The molecule has 0 saturated heterocycles. The van der Waals surface area contributed by atoms with Crippen molar-refractivity contribution < 1.29 is 4.39 Å². The molecule has 1 N–H and O–H groups in total. The maximum Gasteiger partial charge on any atom is 0.124 e. The molecule has 2 aromatic carbocycles. The molecule has 1 unspecified atom stereocenters. The van der Waals surface area contributed by atoms with Crippen LogP contribution in [-0.2, 0) is 6.42 Å². The smallest absolute Gasteiger partial charge is 0.124 e. The highest BCUT2D eigenvalue weighted by molar-refractivity contribution is 9.10. The SMILES string of the molecule is CCCc1ccc(C(NCC)c2cc(F)cc(Br)c2)cc1. The largest absolute Gasteiger partial charge is 0.307 e. The summed E-state index contributed by atoms with van der Waals surface area (Å²) in [6.45, 7) is 5.07. The van der Waals surface area contributed by atoms with E-state index >= 15 is 0 Å². The minimum absolute atomic E-state index is 0.0117. The zero-order chi connectivity index (χ0) is 15.2. The molecule has 112 valence electrons. The standard InChI is InChI=1S/C18H21BrFN/c1-3-5-13-6-8-14(9-7-13)18(21-4-2)15-10-16(19)12-17(20)11-15/h6-12,18,21H,3-5H2,1-2H3. The molecule has 0 saturated carbocycles. The second kappa shape index (κ2) is 7.71. The molecular formula is C18H21BrFN. The number of halogens is 2. The monoisotopic (exact) mass is 349 g/mol. The van der Waals surface area contributed by atoms with E-state index in [4.69, 9.17) is 0 Å². The van der Waals surface area contributed by atoms with E-state index in [1.807, 2.05) is 6.07 Å². The number of nitrogens with one attached hydrogen (secondary N) is 1. The zero-order valence-corrected chi connectivity index (χ0v) is 14.1. The molecule has 2 aromatic rings. The topological polar surface area (TPSA) is 12.0 Å². The van der Waals surface area contributed by atoms with Gasteiger partial charge in [0, 0.05) is 4.47 Å². The van der Waals surface area contributed by atoms with Gasteiger partial charge < -0.3 is 5.32 Å². The van der Waals surface area contributed by atoms with Crippen molar-refractivity contribution in [3.8, 4) is 0 Å². The molecule has 0 fully saturated rings. The molecule has 0 heterocycles. The average molecular weight is 350 g/mol. The first-order chi connectivity index (χ1) is 10.1. The Bertz CT molecular complexity index is 560. The van der Waals surface area contributed by atoms with Crippen molar-refractivity contribution in [2.24, 2.45) is 0 Å². The van der Waals surface area contributed by atoms with Gasteiger partial charge >= 0.3 is 0 Å². The van der Waals surface area contributed by atoms with Crippen LogP contribution in [0.4, 0.5) is 4.39 Å². The second-order valence-corrected chi connectivity index (χ2v) is 6.10. The normalized spacial score (nSPS) is 12.4. The fourth-order valence-corrected chi connectivity index (χ4v) is 3.02. The van der Waals surface area contributed by atoms with Crippen molar-refractivity contribution in [2.75, 3.05) is 6.54 Å². The number of aryl methyl sites for hydroxylation is 1. The van der Waals surface area contributed by atoms with Gasteiger partial charge in [-0.25, -0.2) is 4.39 Å². The molecule has 3 heteroatoms. The first-order valence-corrected chi connectivity index (χ1v) is 8.21. The van der Waals surface area contributed by atoms with Crippen LogP contribution in [0.5, 0.6) is 0 Å². The van der Waals surface area contributed by atoms with Gasteiger partial charge in [-0.05, 0) is 47.9 Å². The van der Waals surface area contributed by atoms with Gasteiger partial charge in [0.15, 0.2) is 0 Å². The van der Waals surface area contributed by atoms with Gasteiger partial charge in [0.2, 0.25) is 0 Å². The van der Waals surface area contributed by atoms with Crippen LogP contribution in [0.1, 0.15) is 43.0 Å². The Morgan fingerprint density at radius 2 is 1.76 bits per heavy atom. The van der Waals surface area contributed by atoms with Crippen LogP contribution in [0.25, 0.3) is 0 Å². The third kappa shape index (κ3) is 4.39. The number of benzene rings is 2. The van der Waals surface area contributed by atoms with E-state index in [2.05, 4.69) is 59.4 Å². The third-order valence-electron chi connectivity index (χ3n) is 3.48. The molecule has 0 aliphatic rings. The highest BCUT2D eigenvalue weighted by Crippen LogP contribution is 2.26. The van der Waals surface area contributed by atoms with Crippen molar-refractivity contribution in [1.29, 1.82) is 0 Å². The molecule has 0 aliphatic carbocycles. The molecule has 21 heavy (non-hydrogen) atoms. The fourth-order valence-electron chi connectivity index (χ4n) is 2.54. The minimum Gasteiger partial charge on any atom is -0.307 e. The van der Waals surface area contributed by atoms with Crippen LogP contribution in [0.3, 0.4) is 0 Å². The van der Waals surface area contributed by atoms with Gasteiger partial charge in [-0.3, -0.25) is 0 Å². The van der Waals surface area contributed by atoms with E-state index in [9.17, 15) is 4.39 Å². The van der Waals surface area contributed by atoms with E-state index in [0.717, 1.165) is 35.0 Å². The van der Waals surface area contributed by atoms with Crippen molar-refractivity contribution >= 4 is 15.9 Å². The van der Waals surface area contributed by atoms with E-state index in [-0.39, 0.29) is 11.9 Å². The molecule has 1 atom stereocenters. The Morgan fingerprint density at radius 1 is 1.05 bits per heavy atom. The molecular weight excluding hydrogens is 329 g/mol. The zero-order valence-electron chi connectivity index (χ0n) is 12.5. The molecule has 0 spiro atoms. The van der Waals surface area contributed by atoms with E-state index in [1.54, 1.807) is 6.07 Å². The fraction of sp³-hybridized carbons (Fsp3) is 0.333. The van der Waals surface area contributed by atoms with Crippen LogP contribution in [-0.4, -0.2) is 6.54 Å². The quantitative estimate of drug-likeness (QED) is 0.751. The molecule has 0 aliphatic heterocycles. The Kier molecular flexibility index (Phi) is 5.95. The molecule has 0 aromatic heterocycles. The van der Waals surface area contributed by atoms with Crippen LogP contribution < -0.4 is 5.32 Å². The summed E-state index contributed by atoms with van der Waals surface area (Å²) in [7, 11) is 0. The number of hydrogen-bond acceptors (Lipinski definition) is 1. The third-order valence-corrected chi connectivity index (χ3v) is 3.94. The van der Waals surface area contributed by atoms with Gasteiger partial charge in [-0.15, -0.1) is 0 Å². The lowest BCUT2D eigenvalue weighted by Crippen LogP contribution is -2.22. The molecule has 1 nitrogen and oxygen atoms in total. The maximum atomic E-state index is 13.7. The Labute approximate surface area is 134 Å². The summed E-state index contributed by atoms with van der Waals surface area (Å²) in [5, 5.41) is 3.43. The summed E-state index contributed by atoms with van der Waals surface area (Å²) in [4.78, 5) is 0. The molecule has 0 amide bonds. The van der Waals surface area contributed by atoms with E-state index in [0.29, 0.717) is 0 Å². The van der Waals surface area contributed by atoms with Crippen LogP contribution in [0, 0.1) is 5.82 Å². The lowest BCUT2D eigenvalue weighted by atomic mass is 9.97. The maximum absolute atomic E-state index is 13.7. The summed E-state index contributed by atoms with van der Waals surface area (Å²) in [5.74, 6) is -0.218. The van der Waals surface area contributed by atoms with Gasteiger partial charge in [-0.1, -0.05) is 60.5 Å². The highest BCUT2D eigenvalue weighted by atomic mass is 79.9. The number of rotatable bonds is 6. The van der Waals surface area contributed by atoms with E-state index < -0.39 is 0 Å². The highest BCUT2D eigenvalue weighted by Gasteiger charge is 2.14. The van der Waals surface area contributed by atoms with Crippen molar-refractivity contribution in [1.82, 2.24) is 5.32 Å². The summed E-state index contributed by atoms with van der Waals surface area (Å²) in [5.41, 5.74) is 3.44. The predicted molar refractivity (Wildman–Crippen MR) is 90.1 cm³/mol. The van der Waals surface area contributed by atoms with Gasteiger partial charge in [0.1, 0.15) is 5.82 Å². The molecule has 2 rings (SSSR count). The van der Waals surface area contributed by atoms with Gasteiger partial charge in [0.25, 0.3) is 0 Å². The van der Waals surface area contributed by atoms with Gasteiger partial charge in [0.05, 0.1) is 6.04 Å². The summed E-state index contributed by atoms with van der Waals surface area (Å²) in [6, 6.07) is 13.7. The van der Waals surface area contributed by atoms with E-state index in [1.165, 1.54) is 11.6 Å². The molecule has 0 bridgehead atoms. The van der Waals surface area contributed by atoms with Crippen molar-refractivity contribution in [3.05, 3.63) is 69.4 Å². The average Bonchev–Trinajstić information content (AvgIpc) is 2.45. The second-order valence-electron chi connectivity index (χ2n) is 5.19. The van der Waals surface area contributed by atoms with Crippen molar-refractivity contribution in [3.63, 3.8) is 0 Å². The summed E-state index contributed by atoms with van der Waals surface area (Å²) in [6.07, 6.45) is 2.24. The van der Waals surface area contributed by atoms with Crippen LogP contribution in [0.2, 0.25) is 0 Å². The Hall–Kier alpha value is -1.19. The van der Waals surface area contributed by atoms with Gasteiger partial charge in [-0.2, -0.15) is 0 Å². The lowest BCUT2D eigenvalue weighted by molar-refractivity contribution is 0.602. The van der Waals surface area contributed by atoms with Crippen molar-refractivity contribution in [2.45, 2.75) is 32.7 Å². The first kappa shape index (κ1) is 16.2. The van der Waals surface area contributed by atoms with Crippen LogP contribution in [0.15, 0.2) is 46.9 Å². The predicted octanol–water partition coefficient (Wildman–Crippen LogP) is 5.24. The molecule has 0 radical (unpaired) electrons. The Balaban J connectivity index is 2.33. The first-order valence-electron chi connectivity index (χ1n) is 7.42. The summed E-state index contributed by atoms with van der Waals surface area (Å²) < 4.78 is 14.4. The Morgan fingerprint density at radius 3 is 2.33 bits per heavy atom. The lowest BCUT2D eigenvalue weighted by Gasteiger charge is -2.20. The summed E-state index contributed by atoms with van der Waals surface area (Å²) >= 11 is 3.37.